The van der Waals surface area contributed by atoms with Crippen LogP contribution in [0.2, 0.25) is 0 Å². The minimum absolute atomic E-state index is 0.198. The molecule has 2 rings (SSSR count). The van der Waals surface area contributed by atoms with Crippen LogP contribution in [0.5, 0.6) is 0 Å². The number of esters is 1. The molecule has 0 aromatic heterocycles. The lowest BCUT2D eigenvalue weighted by atomic mass is 10.0. The van der Waals surface area contributed by atoms with E-state index in [1.165, 1.54) is 23.4 Å². The van der Waals surface area contributed by atoms with E-state index < -0.39 is 0 Å². The van der Waals surface area contributed by atoms with Gasteiger partial charge < -0.3 is 4.74 Å². The summed E-state index contributed by atoms with van der Waals surface area (Å²) in [5.41, 5.74) is 2.31. The van der Waals surface area contributed by atoms with E-state index in [0.717, 1.165) is 18.1 Å². The van der Waals surface area contributed by atoms with Gasteiger partial charge in [-0.3, -0.25) is 4.79 Å². The monoisotopic (exact) mass is 271 g/mol. The van der Waals surface area contributed by atoms with Crippen molar-refractivity contribution < 1.29 is 14.3 Å². The molecule has 0 unspecified atom stereocenters. The summed E-state index contributed by atoms with van der Waals surface area (Å²) in [6.45, 7) is 2.14. The Kier molecular flexibility index (Phi) is 6.14. The molecule has 2 aromatic carbocycles. The highest BCUT2D eigenvalue weighted by molar-refractivity contribution is 5.85. The van der Waals surface area contributed by atoms with Crippen molar-refractivity contribution in [3.63, 3.8) is 0 Å². The topological polar surface area (TPSA) is 67.2 Å². The standard InChI is InChI=1S/C15H16O2.CHNO/c1-3-11-4-6-13-7-5-12(9-14(13)8-11)10-15(16)17-2;2-1-3/h4-9H,3,10H2,1-2H3;2H. The van der Waals surface area contributed by atoms with Crippen molar-refractivity contribution in [2.75, 3.05) is 7.11 Å². The summed E-state index contributed by atoms with van der Waals surface area (Å²) in [6, 6.07) is 12.5. The lowest BCUT2D eigenvalue weighted by molar-refractivity contribution is -0.139. The van der Waals surface area contributed by atoms with Crippen LogP contribution in [0.15, 0.2) is 36.4 Å². The third kappa shape index (κ3) is 4.34. The van der Waals surface area contributed by atoms with E-state index in [9.17, 15) is 4.79 Å². The molecule has 104 valence electrons. The molecule has 0 radical (unpaired) electrons. The zero-order valence-electron chi connectivity index (χ0n) is 11.6. The minimum Gasteiger partial charge on any atom is -0.469 e. The number of hydrogen-bond acceptors (Lipinski definition) is 4. The quantitative estimate of drug-likeness (QED) is 0.530. The summed E-state index contributed by atoms with van der Waals surface area (Å²) in [5.74, 6) is -0.198. The van der Waals surface area contributed by atoms with Crippen LogP contribution in [0.1, 0.15) is 18.1 Å². The SMILES string of the molecule is CCc1ccc2ccc(CC(=O)OC)cc2c1.N=C=O. The molecule has 20 heavy (non-hydrogen) atoms. The maximum absolute atomic E-state index is 11.2. The molecule has 0 amide bonds. The first-order chi connectivity index (χ1) is 9.64. The number of ether oxygens (including phenoxy) is 1. The van der Waals surface area contributed by atoms with Crippen molar-refractivity contribution in [1.82, 2.24) is 0 Å². The van der Waals surface area contributed by atoms with Gasteiger partial charge in [-0.05, 0) is 28.3 Å². The average Bonchev–Trinajstić information content (AvgIpc) is 2.47. The highest BCUT2D eigenvalue weighted by Gasteiger charge is 2.03. The molecular formula is C16H17NO3. The van der Waals surface area contributed by atoms with Crippen LogP contribution in [0.4, 0.5) is 0 Å². The van der Waals surface area contributed by atoms with E-state index in [1.54, 1.807) is 0 Å². The molecule has 0 spiro atoms. The molecule has 0 saturated carbocycles. The molecular weight excluding hydrogens is 254 g/mol. The van der Waals surface area contributed by atoms with Crippen LogP contribution >= 0.6 is 0 Å². The first-order valence-corrected chi connectivity index (χ1v) is 6.26. The fraction of sp³-hybridized carbons (Fsp3) is 0.250. The highest BCUT2D eigenvalue weighted by Crippen LogP contribution is 2.18. The average molecular weight is 271 g/mol. The fourth-order valence-electron chi connectivity index (χ4n) is 1.91. The third-order valence-electron chi connectivity index (χ3n) is 2.95. The number of carbonyl (C=O) groups is 1. The number of nitrogens with one attached hydrogen (secondary N) is 1. The van der Waals surface area contributed by atoms with Gasteiger partial charge in [-0.15, -0.1) is 0 Å². The fourth-order valence-corrected chi connectivity index (χ4v) is 1.91. The van der Waals surface area contributed by atoms with Crippen LogP contribution < -0.4 is 0 Å². The van der Waals surface area contributed by atoms with Gasteiger partial charge in [-0.1, -0.05) is 43.3 Å². The smallest absolute Gasteiger partial charge is 0.309 e. The highest BCUT2D eigenvalue weighted by atomic mass is 16.5. The van der Waals surface area contributed by atoms with Gasteiger partial charge in [0.15, 0.2) is 0 Å². The van der Waals surface area contributed by atoms with Gasteiger partial charge in [-0.2, -0.15) is 0 Å². The first kappa shape index (κ1) is 15.6. The Morgan fingerprint density at radius 1 is 1.15 bits per heavy atom. The molecule has 0 atom stereocenters. The molecule has 0 fully saturated rings. The number of hydrogen-bond donors (Lipinski definition) is 1. The molecule has 0 heterocycles. The summed E-state index contributed by atoms with van der Waals surface area (Å²) >= 11 is 0. The number of carbonyl (C=O) groups excluding carboxylic acids is 2. The van der Waals surface area contributed by atoms with Crippen molar-refractivity contribution in [2.24, 2.45) is 0 Å². The Hall–Kier alpha value is -2.45. The zero-order valence-corrected chi connectivity index (χ0v) is 11.6. The van der Waals surface area contributed by atoms with E-state index in [2.05, 4.69) is 35.9 Å². The van der Waals surface area contributed by atoms with Crippen molar-refractivity contribution >= 4 is 22.8 Å². The lowest BCUT2D eigenvalue weighted by Crippen LogP contribution is -2.04. The number of fused-ring (bicyclic) bond motifs is 1. The van der Waals surface area contributed by atoms with Crippen LogP contribution in [-0.2, 0) is 27.2 Å². The molecule has 4 heteroatoms. The Labute approximate surface area is 117 Å². The summed E-state index contributed by atoms with van der Waals surface area (Å²) in [4.78, 5) is 19.6. The van der Waals surface area contributed by atoms with Gasteiger partial charge in [0, 0.05) is 0 Å². The van der Waals surface area contributed by atoms with Gasteiger partial charge in [0.1, 0.15) is 0 Å². The van der Waals surface area contributed by atoms with E-state index in [0.29, 0.717) is 6.42 Å². The van der Waals surface area contributed by atoms with Crippen LogP contribution in [0.3, 0.4) is 0 Å². The number of rotatable bonds is 3. The third-order valence-corrected chi connectivity index (χ3v) is 2.95. The number of benzene rings is 2. The van der Waals surface area contributed by atoms with Crippen molar-refractivity contribution in [3.8, 4) is 0 Å². The summed E-state index contributed by atoms with van der Waals surface area (Å²) in [7, 11) is 1.42. The van der Waals surface area contributed by atoms with Gasteiger partial charge in [0.2, 0.25) is 6.08 Å². The normalized spacial score (nSPS) is 9.30. The zero-order chi connectivity index (χ0) is 15.0. The lowest BCUT2D eigenvalue weighted by Gasteiger charge is -2.04. The molecule has 0 aliphatic heterocycles. The van der Waals surface area contributed by atoms with E-state index in [1.807, 2.05) is 12.1 Å². The summed E-state index contributed by atoms with van der Waals surface area (Å²) in [5, 5.41) is 7.79. The van der Waals surface area contributed by atoms with Crippen molar-refractivity contribution in [2.45, 2.75) is 19.8 Å². The molecule has 0 aliphatic rings. The Morgan fingerprint density at radius 3 is 2.25 bits per heavy atom. The largest absolute Gasteiger partial charge is 0.469 e. The maximum Gasteiger partial charge on any atom is 0.309 e. The second kappa shape index (κ2) is 7.87. The number of isocyanates is 1. The first-order valence-electron chi connectivity index (χ1n) is 6.26. The van der Waals surface area contributed by atoms with Crippen LogP contribution in [-0.4, -0.2) is 19.2 Å². The number of methoxy groups -OCH3 is 1. The molecule has 0 aliphatic carbocycles. The van der Waals surface area contributed by atoms with Crippen molar-refractivity contribution in [1.29, 1.82) is 5.41 Å². The molecule has 1 N–H and O–H groups in total. The van der Waals surface area contributed by atoms with E-state index in [4.69, 9.17) is 10.2 Å². The minimum atomic E-state index is -0.198. The van der Waals surface area contributed by atoms with Crippen LogP contribution in [0, 0.1) is 5.41 Å². The van der Waals surface area contributed by atoms with Gasteiger partial charge in [0.25, 0.3) is 0 Å². The summed E-state index contributed by atoms with van der Waals surface area (Å²) < 4.78 is 4.67. The van der Waals surface area contributed by atoms with Gasteiger partial charge in [-0.25, -0.2) is 10.2 Å². The Bertz CT molecular complexity index is 629. The predicted molar refractivity (Wildman–Crippen MR) is 77.5 cm³/mol. The second-order valence-electron chi connectivity index (χ2n) is 4.22. The predicted octanol–water partition coefficient (Wildman–Crippen LogP) is 3.02. The van der Waals surface area contributed by atoms with Gasteiger partial charge in [0.05, 0.1) is 13.5 Å². The molecule has 0 saturated heterocycles. The molecule has 4 nitrogen and oxygen atoms in total. The van der Waals surface area contributed by atoms with E-state index in [-0.39, 0.29) is 5.97 Å². The summed E-state index contributed by atoms with van der Waals surface area (Å²) in [6.07, 6.45) is 2.11. The number of aryl methyl sites for hydroxylation is 1. The molecule has 2 aromatic rings. The van der Waals surface area contributed by atoms with Crippen molar-refractivity contribution in [3.05, 3.63) is 47.5 Å². The maximum atomic E-state index is 11.2. The second-order valence-corrected chi connectivity index (χ2v) is 4.22. The Morgan fingerprint density at radius 2 is 1.70 bits per heavy atom. The van der Waals surface area contributed by atoms with E-state index >= 15 is 0 Å². The molecule has 0 bridgehead atoms. The Balaban J connectivity index is 0.000000612. The van der Waals surface area contributed by atoms with Gasteiger partial charge >= 0.3 is 5.97 Å². The van der Waals surface area contributed by atoms with Crippen LogP contribution in [0.25, 0.3) is 10.8 Å².